The zero-order chi connectivity index (χ0) is 18.8. The van der Waals surface area contributed by atoms with Crippen molar-refractivity contribution < 1.29 is 23.1 Å². The average molecular weight is 372 g/mol. The van der Waals surface area contributed by atoms with Crippen molar-refractivity contribution in [3.8, 4) is 0 Å². The van der Waals surface area contributed by atoms with Crippen LogP contribution in [0.4, 0.5) is 4.39 Å². The first-order valence-electron chi connectivity index (χ1n) is 9.07. The monoisotopic (exact) mass is 372 g/mol. The molecular formula is C20H21FN2O4. The molecule has 4 rings (SSSR count). The van der Waals surface area contributed by atoms with Crippen molar-refractivity contribution in [2.45, 2.75) is 31.5 Å². The largest absolute Gasteiger partial charge is 0.467 e. The van der Waals surface area contributed by atoms with Crippen LogP contribution in [0.3, 0.4) is 0 Å². The number of halogens is 1. The van der Waals surface area contributed by atoms with E-state index in [4.69, 9.17) is 9.15 Å². The third-order valence-corrected chi connectivity index (χ3v) is 5.21. The molecule has 1 aromatic heterocycles. The Morgan fingerprint density at radius 3 is 2.93 bits per heavy atom. The maximum Gasteiger partial charge on any atom is 0.227 e. The summed E-state index contributed by atoms with van der Waals surface area (Å²) >= 11 is 0. The number of nitrogens with zero attached hydrogens (tertiary/aromatic N) is 1. The van der Waals surface area contributed by atoms with Gasteiger partial charge in [-0.25, -0.2) is 4.39 Å². The van der Waals surface area contributed by atoms with Crippen molar-refractivity contribution in [2.24, 2.45) is 5.92 Å². The Morgan fingerprint density at radius 1 is 1.26 bits per heavy atom. The number of amides is 2. The topological polar surface area (TPSA) is 71.8 Å². The molecule has 2 fully saturated rings. The molecular weight excluding hydrogens is 351 g/mol. The zero-order valence-corrected chi connectivity index (χ0v) is 14.8. The molecule has 0 bridgehead atoms. The minimum absolute atomic E-state index is 0.106. The first-order valence-corrected chi connectivity index (χ1v) is 9.07. The predicted octanol–water partition coefficient (Wildman–Crippen LogP) is 1.89. The molecule has 0 spiro atoms. The van der Waals surface area contributed by atoms with Crippen molar-refractivity contribution in [1.29, 1.82) is 0 Å². The van der Waals surface area contributed by atoms with Crippen LogP contribution in [0.1, 0.15) is 17.7 Å². The van der Waals surface area contributed by atoms with Crippen molar-refractivity contribution in [1.82, 2.24) is 10.2 Å². The van der Waals surface area contributed by atoms with E-state index < -0.39 is 5.92 Å². The lowest BCUT2D eigenvalue weighted by molar-refractivity contribution is -0.131. The molecule has 0 unspecified atom stereocenters. The fourth-order valence-electron chi connectivity index (χ4n) is 3.93. The number of ether oxygens (including phenoxy) is 1. The molecule has 0 aliphatic carbocycles. The lowest BCUT2D eigenvalue weighted by atomic mass is 10.0. The van der Waals surface area contributed by atoms with Crippen LogP contribution in [0.5, 0.6) is 0 Å². The van der Waals surface area contributed by atoms with Gasteiger partial charge in [0.05, 0.1) is 37.3 Å². The summed E-state index contributed by atoms with van der Waals surface area (Å²) in [7, 11) is 0. The number of hydrogen-bond acceptors (Lipinski definition) is 4. The molecule has 2 saturated heterocycles. The Balaban J connectivity index is 1.42. The molecule has 1 aromatic carbocycles. The van der Waals surface area contributed by atoms with E-state index in [0.29, 0.717) is 37.4 Å². The second kappa shape index (κ2) is 7.52. The van der Waals surface area contributed by atoms with Gasteiger partial charge in [0.2, 0.25) is 11.8 Å². The number of nitrogens with one attached hydrogen (secondary N) is 1. The van der Waals surface area contributed by atoms with Crippen LogP contribution in [-0.2, 0) is 27.3 Å². The second-order valence-corrected chi connectivity index (χ2v) is 6.95. The molecule has 2 aliphatic heterocycles. The van der Waals surface area contributed by atoms with Gasteiger partial charge in [0.15, 0.2) is 0 Å². The van der Waals surface area contributed by atoms with E-state index in [-0.39, 0.29) is 36.2 Å². The number of furan rings is 1. The number of hydrogen-bond donors (Lipinski definition) is 1. The Kier molecular flexibility index (Phi) is 4.94. The van der Waals surface area contributed by atoms with Crippen LogP contribution in [-0.4, -0.2) is 42.0 Å². The van der Waals surface area contributed by atoms with Crippen molar-refractivity contribution in [3.05, 3.63) is 59.8 Å². The van der Waals surface area contributed by atoms with E-state index in [9.17, 15) is 14.0 Å². The number of carbonyl (C=O) groups is 2. The molecule has 6 nitrogen and oxygen atoms in total. The van der Waals surface area contributed by atoms with Gasteiger partial charge in [-0.15, -0.1) is 0 Å². The average Bonchev–Trinajstić information content (AvgIpc) is 3.37. The molecule has 3 heterocycles. The van der Waals surface area contributed by atoms with E-state index in [0.717, 1.165) is 0 Å². The highest BCUT2D eigenvalue weighted by molar-refractivity contribution is 5.84. The number of fused-ring (bicyclic) bond motifs is 1. The molecule has 0 radical (unpaired) electrons. The van der Waals surface area contributed by atoms with Gasteiger partial charge in [-0.2, -0.15) is 0 Å². The highest BCUT2D eigenvalue weighted by Crippen LogP contribution is 2.34. The van der Waals surface area contributed by atoms with Crippen LogP contribution in [0, 0.1) is 11.7 Å². The van der Waals surface area contributed by atoms with E-state index >= 15 is 0 Å². The van der Waals surface area contributed by atoms with E-state index in [1.54, 1.807) is 35.4 Å². The minimum atomic E-state index is -0.413. The summed E-state index contributed by atoms with van der Waals surface area (Å²) in [4.78, 5) is 27.1. The van der Waals surface area contributed by atoms with Crippen LogP contribution < -0.4 is 5.32 Å². The van der Waals surface area contributed by atoms with Crippen LogP contribution in [0.15, 0.2) is 47.1 Å². The maximum absolute atomic E-state index is 13.4. The van der Waals surface area contributed by atoms with Crippen LogP contribution in [0.2, 0.25) is 0 Å². The number of benzene rings is 1. The zero-order valence-electron chi connectivity index (χ0n) is 14.8. The molecule has 142 valence electrons. The summed E-state index contributed by atoms with van der Waals surface area (Å²) in [6.45, 7) is 1.14. The van der Waals surface area contributed by atoms with Crippen molar-refractivity contribution >= 4 is 11.8 Å². The number of rotatable bonds is 5. The highest BCUT2D eigenvalue weighted by atomic mass is 19.1. The fraction of sp³-hybridized carbons (Fsp3) is 0.400. The molecule has 2 aromatic rings. The Hall–Kier alpha value is -2.67. The quantitative estimate of drug-likeness (QED) is 0.870. The van der Waals surface area contributed by atoms with E-state index in [1.165, 1.54) is 12.1 Å². The maximum atomic E-state index is 13.4. The molecule has 2 aliphatic rings. The summed E-state index contributed by atoms with van der Waals surface area (Å²) in [5.41, 5.74) is 0.626. The van der Waals surface area contributed by atoms with Gasteiger partial charge in [0.25, 0.3) is 0 Å². The van der Waals surface area contributed by atoms with Gasteiger partial charge in [0.1, 0.15) is 11.6 Å². The Labute approximate surface area is 156 Å². The standard InChI is InChI=1S/C20H21FN2O4/c21-14-4-1-3-13(9-14)10-18(24)23-12-16(19-17(23)6-8-27-19)20(25)22-11-15-5-2-7-26-15/h1-5,7,9,16-17,19H,6,8,10-12H2,(H,22,25)/t16-,17-,19+/m1/s1. The van der Waals surface area contributed by atoms with E-state index in [2.05, 4.69) is 5.32 Å². The first-order chi connectivity index (χ1) is 13.1. The van der Waals surface area contributed by atoms with Gasteiger partial charge < -0.3 is 19.4 Å². The Bertz CT molecular complexity index is 823. The second-order valence-electron chi connectivity index (χ2n) is 6.95. The first kappa shape index (κ1) is 17.7. The predicted molar refractivity (Wildman–Crippen MR) is 94.0 cm³/mol. The SMILES string of the molecule is O=C(NCc1ccco1)[C@@H]1CN(C(=O)Cc2cccc(F)c2)[C@@H]2CCO[C@H]21. The third kappa shape index (κ3) is 3.73. The summed E-state index contributed by atoms with van der Waals surface area (Å²) in [5.74, 6) is -0.362. The highest BCUT2D eigenvalue weighted by Gasteiger charge is 2.50. The minimum Gasteiger partial charge on any atom is -0.467 e. The lowest BCUT2D eigenvalue weighted by Gasteiger charge is -2.22. The van der Waals surface area contributed by atoms with Crippen LogP contribution >= 0.6 is 0 Å². The fourth-order valence-corrected chi connectivity index (χ4v) is 3.93. The van der Waals surface area contributed by atoms with Gasteiger partial charge in [0, 0.05) is 13.2 Å². The summed E-state index contributed by atoms with van der Waals surface area (Å²) in [5, 5.41) is 2.86. The van der Waals surface area contributed by atoms with Gasteiger partial charge in [-0.1, -0.05) is 12.1 Å². The van der Waals surface area contributed by atoms with Crippen molar-refractivity contribution in [3.63, 3.8) is 0 Å². The molecule has 0 saturated carbocycles. The van der Waals surface area contributed by atoms with Crippen LogP contribution in [0.25, 0.3) is 0 Å². The normalized spacial score (nSPS) is 24.0. The van der Waals surface area contributed by atoms with Crippen molar-refractivity contribution in [2.75, 3.05) is 13.2 Å². The molecule has 27 heavy (non-hydrogen) atoms. The Morgan fingerprint density at radius 2 is 2.15 bits per heavy atom. The molecule has 1 N–H and O–H groups in total. The van der Waals surface area contributed by atoms with E-state index in [1.807, 2.05) is 0 Å². The number of carbonyl (C=O) groups excluding carboxylic acids is 2. The summed E-state index contributed by atoms with van der Waals surface area (Å²) < 4.78 is 24.4. The smallest absolute Gasteiger partial charge is 0.227 e. The molecule has 7 heteroatoms. The molecule has 3 atom stereocenters. The van der Waals surface area contributed by atoms with Gasteiger partial charge >= 0.3 is 0 Å². The number of likely N-dealkylation sites (tertiary alicyclic amines) is 1. The molecule has 2 amide bonds. The lowest BCUT2D eigenvalue weighted by Crippen LogP contribution is -2.38. The third-order valence-electron chi connectivity index (χ3n) is 5.21. The van der Waals surface area contributed by atoms with Gasteiger partial charge in [-0.3, -0.25) is 9.59 Å². The van der Waals surface area contributed by atoms with Gasteiger partial charge in [-0.05, 0) is 36.2 Å². The summed E-state index contributed by atoms with van der Waals surface area (Å²) in [6.07, 6.45) is 2.08. The summed E-state index contributed by atoms with van der Waals surface area (Å²) in [6, 6.07) is 9.49.